The van der Waals surface area contributed by atoms with E-state index in [1.54, 1.807) is 0 Å². The van der Waals surface area contributed by atoms with Gasteiger partial charge in [0.2, 0.25) is 0 Å². The molecule has 0 bridgehead atoms. The molecule has 0 aromatic heterocycles. The van der Waals surface area contributed by atoms with Crippen LogP contribution in [0.2, 0.25) is 0 Å². The Morgan fingerprint density at radius 3 is 2.06 bits per heavy atom. The molecule has 1 aromatic carbocycles. The predicted molar refractivity (Wildman–Crippen MR) is 63.3 cm³/mol. The number of rotatable bonds is 5. The fourth-order valence-corrected chi connectivity index (χ4v) is 2.12. The molecule has 1 rings (SSSR count). The molecule has 0 saturated heterocycles. The molecule has 0 amide bonds. The number of hydrogen-bond acceptors (Lipinski definition) is 0. The van der Waals surface area contributed by atoms with Crippen LogP contribution in [0, 0.1) is 23.5 Å². The highest BCUT2D eigenvalue weighted by Crippen LogP contribution is 2.21. The molecular weight excluding hydrogens is 206 g/mol. The molecule has 0 radical (unpaired) electrons. The first kappa shape index (κ1) is 13.1. The second kappa shape index (κ2) is 5.97. The van der Waals surface area contributed by atoms with E-state index < -0.39 is 11.6 Å². The summed E-state index contributed by atoms with van der Waals surface area (Å²) in [7, 11) is 0. The van der Waals surface area contributed by atoms with E-state index in [0.717, 1.165) is 30.9 Å². The lowest BCUT2D eigenvalue weighted by atomic mass is 9.89. The second-order valence-corrected chi connectivity index (χ2v) is 4.89. The van der Waals surface area contributed by atoms with Crippen molar-refractivity contribution in [3.8, 4) is 0 Å². The Morgan fingerprint density at radius 1 is 1.06 bits per heavy atom. The van der Waals surface area contributed by atoms with E-state index in [-0.39, 0.29) is 0 Å². The zero-order valence-electron chi connectivity index (χ0n) is 10.3. The normalized spacial score (nSPS) is 13.1. The van der Waals surface area contributed by atoms with Gasteiger partial charge in [-0.2, -0.15) is 0 Å². The van der Waals surface area contributed by atoms with E-state index >= 15 is 0 Å². The van der Waals surface area contributed by atoms with E-state index in [0.29, 0.717) is 11.8 Å². The summed E-state index contributed by atoms with van der Waals surface area (Å²) in [5.74, 6) is 0.188. The zero-order valence-corrected chi connectivity index (χ0v) is 10.3. The highest BCUT2D eigenvalue weighted by molar-refractivity contribution is 5.18. The van der Waals surface area contributed by atoms with E-state index in [1.165, 1.54) is 12.1 Å². The quantitative estimate of drug-likeness (QED) is 0.689. The molecular formula is C14H20F2. The molecule has 16 heavy (non-hydrogen) atoms. The van der Waals surface area contributed by atoms with Gasteiger partial charge in [0.1, 0.15) is 11.6 Å². The van der Waals surface area contributed by atoms with E-state index in [4.69, 9.17) is 0 Å². The average molecular weight is 226 g/mol. The second-order valence-electron chi connectivity index (χ2n) is 4.89. The fourth-order valence-electron chi connectivity index (χ4n) is 2.12. The maximum absolute atomic E-state index is 13.0. The minimum Gasteiger partial charge on any atom is -0.207 e. The molecule has 0 nitrogen and oxygen atoms in total. The molecule has 0 aliphatic rings. The lowest BCUT2D eigenvalue weighted by molar-refractivity contribution is 0.395. The van der Waals surface area contributed by atoms with Crippen LogP contribution < -0.4 is 0 Å². The maximum Gasteiger partial charge on any atom is 0.126 e. The van der Waals surface area contributed by atoms with Gasteiger partial charge in [-0.1, -0.05) is 27.2 Å². The molecule has 2 heteroatoms. The third kappa shape index (κ3) is 4.30. The summed E-state index contributed by atoms with van der Waals surface area (Å²) in [4.78, 5) is 0. The summed E-state index contributed by atoms with van der Waals surface area (Å²) < 4.78 is 26.0. The fraction of sp³-hybridized carbons (Fsp3) is 0.571. The van der Waals surface area contributed by atoms with Gasteiger partial charge < -0.3 is 0 Å². The molecule has 1 unspecified atom stereocenters. The number of hydrogen-bond donors (Lipinski definition) is 0. The molecule has 0 aliphatic heterocycles. The van der Waals surface area contributed by atoms with Gasteiger partial charge in [0.15, 0.2) is 0 Å². The van der Waals surface area contributed by atoms with Crippen LogP contribution in [0.3, 0.4) is 0 Å². The summed E-state index contributed by atoms with van der Waals surface area (Å²) in [5, 5.41) is 0. The van der Waals surface area contributed by atoms with Crippen molar-refractivity contribution in [3.05, 3.63) is 35.4 Å². The van der Waals surface area contributed by atoms with Gasteiger partial charge in [-0.25, -0.2) is 8.78 Å². The third-order valence-electron chi connectivity index (χ3n) is 2.83. The highest BCUT2D eigenvalue weighted by atomic mass is 19.1. The Morgan fingerprint density at radius 2 is 1.62 bits per heavy atom. The standard InChI is InChI=1S/C14H20F2/c1-4-11(5-10(2)3)6-12-7-13(15)9-14(16)8-12/h7-11H,4-6H2,1-3H3. The first-order chi connectivity index (χ1) is 7.51. The van der Waals surface area contributed by atoms with Gasteiger partial charge in [0.25, 0.3) is 0 Å². The molecule has 0 saturated carbocycles. The van der Waals surface area contributed by atoms with Crippen LogP contribution in [-0.4, -0.2) is 0 Å². The predicted octanol–water partition coefficient (Wildman–Crippen LogP) is 4.58. The molecule has 1 atom stereocenters. The lowest BCUT2D eigenvalue weighted by Crippen LogP contribution is -2.07. The summed E-state index contributed by atoms with van der Waals surface area (Å²) in [6.07, 6.45) is 2.92. The Labute approximate surface area is 96.7 Å². The van der Waals surface area contributed by atoms with Crippen molar-refractivity contribution in [1.82, 2.24) is 0 Å². The molecule has 90 valence electrons. The van der Waals surface area contributed by atoms with Crippen molar-refractivity contribution in [2.45, 2.75) is 40.0 Å². The zero-order chi connectivity index (χ0) is 12.1. The van der Waals surface area contributed by atoms with Crippen LogP contribution in [0.4, 0.5) is 8.78 Å². The first-order valence-electron chi connectivity index (χ1n) is 5.96. The molecule has 0 N–H and O–H groups in total. The molecule has 0 heterocycles. The lowest BCUT2D eigenvalue weighted by Gasteiger charge is -2.17. The van der Waals surface area contributed by atoms with Crippen molar-refractivity contribution in [1.29, 1.82) is 0 Å². The summed E-state index contributed by atoms with van der Waals surface area (Å²) in [5.41, 5.74) is 0.769. The average Bonchev–Trinajstić information content (AvgIpc) is 2.14. The van der Waals surface area contributed by atoms with Crippen molar-refractivity contribution < 1.29 is 8.78 Å². The van der Waals surface area contributed by atoms with Crippen molar-refractivity contribution >= 4 is 0 Å². The minimum atomic E-state index is -0.477. The Balaban J connectivity index is 2.69. The minimum absolute atomic E-state index is 0.477. The number of benzene rings is 1. The highest BCUT2D eigenvalue weighted by Gasteiger charge is 2.11. The van der Waals surface area contributed by atoms with E-state index in [9.17, 15) is 8.78 Å². The van der Waals surface area contributed by atoms with Gasteiger partial charge >= 0.3 is 0 Å². The SMILES string of the molecule is CCC(Cc1cc(F)cc(F)c1)CC(C)C. The largest absolute Gasteiger partial charge is 0.207 e. The molecule has 0 fully saturated rings. The Bertz CT molecular complexity index is 311. The summed E-state index contributed by atoms with van der Waals surface area (Å²) >= 11 is 0. The van der Waals surface area contributed by atoms with Crippen LogP contribution in [0.1, 0.15) is 39.2 Å². The molecule has 0 spiro atoms. The van der Waals surface area contributed by atoms with Gasteiger partial charge in [0, 0.05) is 6.07 Å². The van der Waals surface area contributed by atoms with Crippen LogP contribution in [-0.2, 0) is 6.42 Å². The van der Waals surface area contributed by atoms with Crippen LogP contribution in [0.5, 0.6) is 0 Å². The topological polar surface area (TPSA) is 0 Å². The van der Waals surface area contributed by atoms with E-state index in [1.807, 2.05) is 0 Å². The smallest absolute Gasteiger partial charge is 0.126 e. The first-order valence-corrected chi connectivity index (χ1v) is 5.96. The monoisotopic (exact) mass is 226 g/mol. The van der Waals surface area contributed by atoms with Crippen molar-refractivity contribution in [2.24, 2.45) is 11.8 Å². The summed E-state index contributed by atoms with van der Waals surface area (Å²) in [6, 6.07) is 3.80. The van der Waals surface area contributed by atoms with Gasteiger partial charge in [-0.05, 0) is 42.4 Å². The van der Waals surface area contributed by atoms with Gasteiger partial charge in [0.05, 0.1) is 0 Å². The van der Waals surface area contributed by atoms with Gasteiger partial charge in [-0.3, -0.25) is 0 Å². The Kier molecular flexibility index (Phi) is 4.91. The maximum atomic E-state index is 13.0. The van der Waals surface area contributed by atoms with Crippen molar-refractivity contribution in [2.75, 3.05) is 0 Å². The number of halogens is 2. The molecule has 0 aliphatic carbocycles. The van der Waals surface area contributed by atoms with Crippen LogP contribution >= 0.6 is 0 Å². The van der Waals surface area contributed by atoms with Crippen LogP contribution in [0.25, 0.3) is 0 Å². The Hall–Kier alpha value is -0.920. The van der Waals surface area contributed by atoms with Gasteiger partial charge in [-0.15, -0.1) is 0 Å². The van der Waals surface area contributed by atoms with Crippen LogP contribution in [0.15, 0.2) is 18.2 Å². The van der Waals surface area contributed by atoms with Crippen molar-refractivity contribution in [3.63, 3.8) is 0 Å². The molecule has 1 aromatic rings. The third-order valence-corrected chi connectivity index (χ3v) is 2.83. The summed E-state index contributed by atoms with van der Waals surface area (Å²) in [6.45, 7) is 6.48. The van der Waals surface area contributed by atoms with E-state index in [2.05, 4.69) is 20.8 Å².